The maximum atomic E-state index is 12.2. The van der Waals surface area contributed by atoms with Crippen LogP contribution >= 0.6 is 0 Å². The molecule has 0 aliphatic heterocycles. The van der Waals surface area contributed by atoms with Crippen LogP contribution < -0.4 is 5.32 Å². The molecular formula is C13H16N6O5. The standard InChI is InChI=1S/C13H16N6O5/c1-7-12(19(22)23)8(2)18(15-7)6-10(20)14-9-5-17(3)16-11(9)13(21)24-4/h5H,6H2,1-4H3,(H,14,20). The molecule has 0 aliphatic rings. The third-order valence-electron chi connectivity index (χ3n) is 3.30. The molecule has 0 aliphatic carbocycles. The second-order valence-corrected chi connectivity index (χ2v) is 5.04. The molecule has 24 heavy (non-hydrogen) atoms. The Balaban J connectivity index is 2.20. The van der Waals surface area contributed by atoms with Crippen LogP contribution in [-0.4, -0.2) is 43.5 Å². The van der Waals surface area contributed by atoms with Gasteiger partial charge in [0.15, 0.2) is 5.69 Å². The third-order valence-corrected chi connectivity index (χ3v) is 3.30. The number of carbonyl (C=O) groups is 2. The van der Waals surface area contributed by atoms with Crippen LogP contribution in [0.1, 0.15) is 21.9 Å². The van der Waals surface area contributed by atoms with Crippen molar-refractivity contribution in [3.63, 3.8) is 0 Å². The Bertz CT molecular complexity index is 821. The molecule has 0 unspecified atom stereocenters. The van der Waals surface area contributed by atoms with Gasteiger partial charge in [-0.2, -0.15) is 10.2 Å². The molecule has 2 aromatic rings. The number of carbonyl (C=O) groups excluding carboxylic acids is 2. The number of aromatic nitrogens is 4. The van der Waals surface area contributed by atoms with Crippen molar-refractivity contribution in [1.29, 1.82) is 0 Å². The maximum Gasteiger partial charge on any atom is 0.360 e. The number of aryl methyl sites for hydroxylation is 2. The molecule has 0 bridgehead atoms. The first-order chi connectivity index (χ1) is 11.2. The van der Waals surface area contributed by atoms with Gasteiger partial charge in [0.05, 0.1) is 17.7 Å². The Morgan fingerprint density at radius 3 is 2.58 bits per heavy atom. The first-order valence-corrected chi connectivity index (χ1v) is 6.84. The number of ether oxygens (including phenoxy) is 1. The van der Waals surface area contributed by atoms with Gasteiger partial charge in [-0.1, -0.05) is 0 Å². The van der Waals surface area contributed by atoms with Crippen LogP contribution in [0.15, 0.2) is 6.20 Å². The highest BCUT2D eigenvalue weighted by atomic mass is 16.6. The van der Waals surface area contributed by atoms with Gasteiger partial charge in [-0.25, -0.2) is 4.79 Å². The van der Waals surface area contributed by atoms with E-state index < -0.39 is 16.8 Å². The predicted octanol–water partition coefficient (Wildman–Crippen LogP) is 0.567. The Morgan fingerprint density at radius 1 is 1.38 bits per heavy atom. The van der Waals surface area contributed by atoms with Crippen LogP contribution in [0, 0.1) is 24.0 Å². The summed E-state index contributed by atoms with van der Waals surface area (Å²) in [7, 11) is 2.80. The summed E-state index contributed by atoms with van der Waals surface area (Å²) in [6.45, 7) is 2.77. The maximum absolute atomic E-state index is 12.2. The molecule has 0 aromatic carbocycles. The zero-order valence-electron chi connectivity index (χ0n) is 13.6. The minimum Gasteiger partial charge on any atom is -0.464 e. The SMILES string of the molecule is COC(=O)c1nn(C)cc1NC(=O)Cn1nc(C)c([N+](=O)[O-])c1C. The molecular weight excluding hydrogens is 320 g/mol. The smallest absolute Gasteiger partial charge is 0.360 e. The Kier molecular flexibility index (Phi) is 4.62. The summed E-state index contributed by atoms with van der Waals surface area (Å²) in [5, 5.41) is 21.4. The summed E-state index contributed by atoms with van der Waals surface area (Å²) in [4.78, 5) is 34.2. The molecule has 0 atom stereocenters. The average molecular weight is 336 g/mol. The van der Waals surface area contributed by atoms with E-state index in [1.54, 1.807) is 7.05 Å². The van der Waals surface area contributed by atoms with Gasteiger partial charge >= 0.3 is 11.7 Å². The number of methoxy groups -OCH3 is 1. The molecule has 1 N–H and O–H groups in total. The zero-order chi connectivity index (χ0) is 18.0. The summed E-state index contributed by atoms with van der Waals surface area (Å²) < 4.78 is 7.19. The number of amides is 1. The van der Waals surface area contributed by atoms with Crippen LogP contribution in [0.4, 0.5) is 11.4 Å². The first-order valence-electron chi connectivity index (χ1n) is 6.84. The van der Waals surface area contributed by atoms with Crippen molar-refractivity contribution in [2.75, 3.05) is 12.4 Å². The van der Waals surface area contributed by atoms with Gasteiger partial charge in [-0.3, -0.25) is 24.3 Å². The number of nitrogens with one attached hydrogen (secondary N) is 1. The van der Waals surface area contributed by atoms with Crippen molar-refractivity contribution in [1.82, 2.24) is 19.6 Å². The van der Waals surface area contributed by atoms with Crippen LogP contribution in [-0.2, 0) is 23.1 Å². The van der Waals surface area contributed by atoms with Crippen molar-refractivity contribution in [2.24, 2.45) is 7.05 Å². The van der Waals surface area contributed by atoms with Crippen LogP contribution in [0.25, 0.3) is 0 Å². The highest BCUT2D eigenvalue weighted by molar-refractivity contribution is 5.99. The van der Waals surface area contributed by atoms with E-state index in [-0.39, 0.29) is 35.0 Å². The molecule has 1 amide bonds. The number of nitrogens with zero attached hydrogens (tertiary/aromatic N) is 5. The molecule has 0 spiro atoms. The molecule has 11 heteroatoms. The van der Waals surface area contributed by atoms with E-state index in [4.69, 9.17) is 0 Å². The van der Waals surface area contributed by atoms with Crippen LogP contribution in [0.2, 0.25) is 0 Å². The number of nitro groups is 1. The highest BCUT2D eigenvalue weighted by Crippen LogP contribution is 2.22. The number of rotatable bonds is 5. The second kappa shape index (κ2) is 6.48. The highest BCUT2D eigenvalue weighted by Gasteiger charge is 2.24. The lowest BCUT2D eigenvalue weighted by atomic mass is 10.3. The molecule has 2 rings (SSSR count). The van der Waals surface area contributed by atoms with Gasteiger partial charge in [0, 0.05) is 13.2 Å². The first kappa shape index (κ1) is 17.1. The van der Waals surface area contributed by atoms with E-state index in [9.17, 15) is 19.7 Å². The summed E-state index contributed by atoms with van der Waals surface area (Å²) in [5.74, 6) is -1.19. The summed E-state index contributed by atoms with van der Waals surface area (Å²) >= 11 is 0. The molecule has 11 nitrogen and oxygen atoms in total. The summed E-state index contributed by atoms with van der Waals surface area (Å²) in [5.41, 5.74) is 0.520. The van der Waals surface area contributed by atoms with Gasteiger partial charge in [-0.15, -0.1) is 0 Å². The van der Waals surface area contributed by atoms with E-state index in [2.05, 4.69) is 20.3 Å². The Morgan fingerprint density at radius 2 is 2.04 bits per heavy atom. The monoisotopic (exact) mass is 336 g/mol. The fourth-order valence-corrected chi connectivity index (χ4v) is 2.26. The number of anilines is 1. The Hall–Kier alpha value is -3.24. The topological polar surface area (TPSA) is 134 Å². The largest absolute Gasteiger partial charge is 0.464 e. The van der Waals surface area contributed by atoms with Crippen molar-refractivity contribution >= 4 is 23.3 Å². The van der Waals surface area contributed by atoms with E-state index >= 15 is 0 Å². The van der Waals surface area contributed by atoms with Gasteiger partial charge in [0.1, 0.15) is 17.9 Å². The van der Waals surface area contributed by atoms with Gasteiger partial charge in [-0.05, 0) is 13.8 Å². The molecule has 2 heterocycles. The quantitative estimate of drug-likeness (QED) is 0.479. The fourth-order valence-electron chi connectivity index (χ4n) is 2.26. The molecule has 0 saturated heterocycles. The predicted molar refractivity (Wildman–Crippen MR) is 81.5 cm³/mol. The Labute approximate surface area is 136 Å². The lowest BCUT2D eigenvalue weighted by molar-refractivity contribution is -0.386. The lowest BCUT2D eigenvalue weighted by Gasteiger charge is -2.05. The normalized spacial score (nSPS) is 10.5. The number of hydrogen-bond acceptors (Lipinski definition) is 7. The van der Waals surface area contributed by atoms with E-state index in [0.29, 0.717) is 0 Å². The third kappa shape index (κ3) is 3.24. The average Bonchev–Trinajstić information content (AvgIpc) is 2.98. The van der Waals surface area contributed by atoms with E-state index in [1.807, 2.05) is 0 Å². The van der Waals surface area contributed by atoms with Crippen LogP contribution in [0.3, 0.4) is 0 Å². The summed E-state index contributed by atoms with van der Waals surface area (Å²) in [6, 6.07) is 0. The minimum absolute atomic E-state index is 0.0345. The van der Waals surface area contributed by atoms with Crippen molar-refractivity contribution in [3.05, 3.63) is 33.4 Å². The van der Waals surface area contributed by atoms with Gasteiger partial charge in [0.25, 0.3) is 0 Å². The van der Waals surface area contributed by atoms with Crippen molar-refractivity contribution < 1.29 is 19.2 Å². The van der Waals surface area contributed by atoms with Crippen LogP contribution in [0.5, 0.6) is 0 Å². The van der Waals surface area contributed by atoms with Crippen molar-refractivity contribution in [2.45, 2.75) is 20.4 Å². The second-order valence-electron chi connectivity index (χ2n) is 5.04. The number of hydrogen-bond donors (Lipinski definition) is 1. The van der Waals surface area contributed by atoms with Gasteiger partial charge in [0.2, 0.25) is 5.91 Å². The minimum atomic E-state index is -0.687. The molecule has 0 saturated carbocycles. The molecule has 0 fully saturated rings. The molecule has 128 valence electrons. The van der Waals surface area contributed by atoms with E-state index in [0.717, 1.165) is 0 Å². The summed E-state index contributed by atoms with van der Waals surface area (Å²) in [6.07, 6.45) is 1.45. The molecule has 0 radical (unpaired) electrons. The zero-order valence-corrected chi connectivity index (χ0v) is 13.6. The van der Waals surface area contributed by atoms with Crippen molar-refractivity contribution in [3.8, 4) is 0 Å². The van der Waals surface area contributed by atoms with E-state index in [1.165, 1.54) is 36.5 Å². The number of esters is 1. The fraction of sp³-hybridized carbons (Fsp3) is 0.385. The lowest BCUT2D eigenvalue weighted by Crippen LogP contribution is -2.21. The molecule has 2 aromatic heterocycles. The van der Waals surface area contributed by atoms with Gasteiger partial charge < -0.3 is 10.1 Å².